The largest absolute Gasteiger partial charge is 0.504 e. The van der Waals surface area contributed by atoms with Gasteiger partial charge in [0, 0.05) is 10.9 Å². The SMILES string of the molecule is COc1cc(/C=C2\S/C(=N/c3nc(-c4ccccc4)cs3)N(c3ccccc3)C2=O)ccc1O. The average molecular weight is 486 g/mol. The van der Waals surface area contributed by atoms with Gasteiger partial charge in [0.15, 0.2) is 16.7 Å². The second-order valence-electron chi connectivity index (χ2n) is 7.29. The number of amides is 1. The predicted octanol–water partition coefficient (Wildman–Crippen LogP) is 6.33. The number of aliphatic imine (C=N–C) groups is 1. The van der Waals surface area contributed by atoms with Gasteiger partial charge < -0.3 is 9.84 Å². The molecule has 0 saturated carbocycles. The van der Waals surface area contributed by atoms with Crippen molar-refractivity contribution in [3.05, 3.63) is 94.7 Å². The molecule has 0 atom stereocenters. The van der Waals surface area contributed by atoms with Gasteiger partial charge in [-0.15, -0.1) is 11.3 Å². The van der Waals surface area contributed by atoms with E-state index in [0.29, 0.717) is 21.0 Å². The average Bonchev–Trinajstić information content (AvgIpc) is 3.46. The van der Waals surface area contributed by atoms with Gasteiger partial charge >= 0.3 is 0 Å². The number of nitrogens with zero attached hydrogens (tertiary/aromatic N) is 3. The van der Waals surface area contributed by atoms with Crippen molar-refractivity contribution in [2.75, 3.05) is 12.0 Å². The van der Waals surface area contributed by atoms with Crippen LogP contribution in [-0.2, 0) is 4.79 Å². The number of aromatic nitrogens is 1. The van der Waals surface area contributed by atoms with Crippen molar-refractivity contribution in [1.82, 2.24) is 4.98 Å². The molecule has 0 spiro atoms. The summed E-state index contributed by atoms with van der Waals surface area (Å²) >= 11 is 2.71. The highest BCUT2D eigenvalue weighted by Gasteiger charge is 2.35. The van der Waals surface area contributed by atoms with Crippen molar-refractivity contribution >= 4 is 51.1 Å². The molecule has 168 valence electrons. The Balaban J connectivity index is 1.53. The molecule has 1 amide bonds. The Morgan fingerprint density at radius 3 is 2.50 bits per heavy atom. The van der Waals surface area contributed by atoms with Gasteiger partial charge in [0.1, 0.15) is 0 Å². The fourth-order valence-electron chi connectivity index (χ4n) is 3.43. The predicted molar refractivity (Wildman–Crippen MR) is 139 cm³/mol. The molecule has 3 aromatic carbocycles. The van der Waals surface area contributed by atoms with Crippen molar-refractivity contribution in [2.45, 2.75) is 0 Å². The van der Waals surface area contributed by atoms with E-state index in [1.807, 2.05) is 66.0 Å². The Morgan fingerprint density at radius 2 is 1.76 bits per heavy atom. The first-order chi connectivity index (χ1) is 16.6. The van der Waals surface area contributed by atoms with Crippen LogP contribution in [0.4, 0.5) is 10.8 Å². The number of aromatic hydroxyl groups is 1. The number of methoxy groups -OCH3 is 1. The summed E-state index contributed by atoms with van der Waals surface area (Å²) in [6.07, 6.45) is 1.77. The number of phenols is 1. The number of carbonyl (C=O) groups excluding carboxylic acids is 1. The fourth-order valence-corrected chi connectivity index (χ4v) is 5.16. The number of hydrogen-bond acceptors (Lipinski definition) is 7. The monoisotopic (exact) mass is 485 g/mol. The fraction of sp³-hybridized carbons (Fsp3) is 0.0385. The van der Waals surface area contributed by atoms with E-state index < -0.39 is 0 Å². The molecule has 8 heteroatoms. The van der Waals surface area contributed by atoms with Crippen LogP contribution in [0.5, 0.6) is 11.5 Å². The number of thioether (sulfide) groups is 1. The minimum atomic E-state index is -0.179. The number of para-hydroxylation sites is 1. The second kappa shape index (κ2) is 9.54. The molecule has 0 radical (unpaired) electrons. The van der Waals surface area contributed by atoms with E-state index in [9.17, 15) is 9.90 Å². The molecule has 0 aliphatic carbocycles. The molecule has 1 aromatic heterocycles. The summed E-state index contributed by atoms with van der Waals surface area (Å²) < 4.78 is 5.19. The number of hydrogen-bond donors (Lipinski definition) is 1. The van der Waals surface area contributed by atoms with Crippen molar-refractivity contribution in [3.8, 4) is 22.8 Å². The summed E-state index contributed by atoms with van der Waals surface area (Å²) in [6, 6.07) is 24.3. The Hall–Kier alpha value is -3.88. The van der Waals surface area contributed by atoms with Crippen LogP contribution in [0.2, 0.25) is 0 Å². The molecule has 4 aromatic rings. The van der Waals surface area contributed by atoms with E-state index in [1.54, 1.807) is 29.2 Å². The maximum Gasteiger partial charge on any atom is 0.271 e. The molecule has 2 heterocycles. The summed E-state index contributed by atoms with van der Waals surface area (Å²) in [4.78, 5) is 24.9. The second-order valence-corrected chi connectivity index (χ2v) is 9.14. The zero-order chi connectivity index (χ0) is 23.5. The zero-order valence-corrected chi connectivity index (χ0v) is 19.7. The molecular weight excluding hydrogens is 466 g/mol. The van der Waals surface area contributed by atoms with Gasteiger partial charge in [-0.05, 0) is 47.7 Å². The molecule has 1 aliphatic rings. The quantitative estimate of drug-likeness (QED) is 0.334. The lowest BCUT2D eigenvalue weighted by Gasteiger charge is -2.14. The van der Waals surface area contributed by atoms with Crippen molar-refractivity contribution in [2.24, 2.45) is 4.99 Å². The number of ether oxygens (including phenoxy) is 1. The van der Waals surface area contributed by atoms with Crippen LogP contribution in [0.15, 0.2) is 94.1 Å². The maximum absolute atomic E-state index is 13.4. The first-order valence-electron chi connectivity index (χ1n) is 10.4. The number of phenolic OH excluding ortho intramolecular Hbond substituents is 1. The summed E-state index contributed by atoms with van der Waals surface area (Å²) in [7, 11) is 1.49. The van der Waals surface area contributed by atoms with Gasteiger partial charge in [0.05, 0.1) is 23.4 Å². The van der Waals surface area contributed by atoms with Gasteiger partial charge in [-0.2, -0.15) is 4.99 Å². The van der Waals surface area contributed by atoms with Crippen molar-refractivity contribution < 1.29 is 14.6 Å². The van der Waals surface area contributed by atoms with Crippen molar-refractivity contribution in [1.29, 1.82) is 0 Å². The van der Waals surface area contributed by atoms with Gasteiger partial charge in [0.2, 0.25) is 5.13 Å². The van der Waals surface area contributed by atoms with E-state index in [4.69, 9.17) is 9.73 Å². The van der Waals surface area contributed by atoms with Crippen LogP contribution in [0.25, 0.3) is 17.3 Å². The third kappa shape index (κ3) is 4.46. The van der Waals surface area contributed by atoms with Gasteiger partial charge in [-0.25, -0.2) is 4.98 Å². The molecule has 5 rings (SSSR count). The van der Waals surface area contributed by atoms with E-state index >= 15 is 0 Å². The van der Waals surface area contributed by atoms with Crippen LogP contribution >= 0.6 is 23.1 Å². The topological polar surface area (TPSA) is 75.0 Å². The van der Waals surface area contributed by atoms with Crippen LogP contribution in [0.3, 0.4) is 0 Å². The van der Waals surface area contributed by atoms with Crippen LogP contribution in [0, 0.1) is 0 Å². The first-order valence-corrected chi connectivity index (χ1v) is 12.1. The molecule has 6 nitrogen and oxygen atoms in total. The van der Waals surface area contributed by atoms with Crippen LogP contribution in [-0.4, -0.2) is 28.3 Å². The number of benzene rings is 3. The molecule has 0 unspecified atom stereocenters. The maximum atomic E-state index is 13.4. The third-order valence-electron chi connectivity index (χ3n) is 5.08. The van der Waals surface area contributed by atoms with Crippen LogP contribution < -0.4 is 9.64 Å². The molecule has 0 bridgehead atoms. The standard InChI is InChI=1S/C26H19N3O3S2/c1-32-22-14-17(12-13-21(22)30)15-23-24(31)29(19-10-6-3-7-11-19)26(34-23)28-25-27-20(16-33-25)18-8-4-2-5-9-18/h2-16,30H,1H3/b23-15-,28-26+. The highest BCUT2D eigenvalue weighted by atomic mass is 32.2. The minimum Gasteiger partial charge on any atom is -0.504 e. The smallest absolute Gasteiger partial charge is 0.271 e. The van der Waals surface area contributed by atoms with E-state index in [1.165, 1.54) is 30.2 Å². The van der Waals surface area contributed by atoms with E-state index in [0.717, 1.165) is 22.5 Å². The molecule has 1 fully saturated rings. The number of rotatable bonds is 5. The van der Waals surface area contributed by atoms with E-state index in [2.05, 4.69) is 4.98 Å². The van der Waals surface area contributed by atoms with Crippen molar-refractivity contribution in [3.63, 3.8) is 0 Å². The van der Waals surface area contributed by atoms with Gasteiger partial charge in [0.25, 0.3) is 5.91 Å². The lowest BCUT2D eigenvalue weighted by molar-refractivity contribution is -0.113. The summed E-state index contributed by atoms with van der Waals surface area (Å²) in [6.45, 7) is 0. The summed E-state index contributed by atoms with van der Waals surface area (Å²) in [5, 5.41) is 12.9. The lowest BCUT2D eigenvalue weighted by Crippen LogP contribution is -2.28. The van der Waals surface area contributed by atoms with Gasteiger partial charge in [-0.3, -0.25) is 9.69 Å². The number of carbonyl (C=O) groups is 1. The first kappa shape index (κ1) is 21.9. The molecule has 1 aliphatic heterocycles. The molecule has 1 saturated heterocycles. The van der Waals surface area contributed by atoms with Crippen LogP contribution in [0.1, 0.15) is 5.56 Å². The summed E-state index contributed by atoms with van der Waals surface area (Å²) in [5.74, 6) is 0.206. The Kier molecular flexibility index (Phi) is 6.16. The lowest BCUT2D eigenvalue weighted by atomic mass is 10.2. The normalized spacial score (nSPS) is 15.9. The van der Waals surface area contributed by atoms with E-state index in [-0.39, 0.29) is 11.7 Å². The molecular formula is C26H19N3O3S2. The Morgan fingerprint density at radius 1 is 1.03 bits per heavy atom. The highest BCUT2D eigenvalue weighted by molar-refractivity contribution is 8.19. The number of amidine groups is 1. The Bertz CT molecular complexity index is 1400. The Labute approximate surface area is 204 Å². The number of thiazole rings is 1. The highest BCUT2D eigenvalue weighted by Crippen LogP contribution is 2.39. The number of anilines is 1. The third-order valence-corrected chi connectivity index (χ3v) is 6.78. The molecule has 1 N–H and O–H groups in total. The minimum absolute atomic E-state index is 0.0428. The summed E-state index contributed by atoms with van der Waals surface area (Å²) in [5.41, 5.74) is 3.32. The van der Waals surface area contributed by atoms with Gasteiger partial charge in [-0.1, -0.05) is 54.6 Å². The zero-order valence-electron chi connectivity index (χ0n) is 18.1. The molecule has 34 heavy (non-hydrogen) atoms.